The Morgan fingerprint density at radius 3 is 2.21 bits per heavy atom. The van der Waals surface area contributed by atoms with Gasteiger partial charge in [0.2, 0.25) is 0 Å². The first-order chi connectivity index (χ1) is 6.74. The largest absolute Gasteiger partial charge is 0.396 e. The first-order valence-corrected chi connectivity index (χ1v) is 5.15. The van der Waals surface area contributed by atoms with Gasteiger partial charge in [0.1, 0.15) is 0 Å². The minimum Gasteiger partial charge on any atom is -0.396 e. The summed E-state index contributed by atoms with van der Waals surface area (Å²) in [5, 5.41) is 17.9. The van der Waals surface area contributed by atoms with Crippen molar-refractivity contribution >= 4 is 0 Å². The van der Waals surface area contributed by atoms with Crippen molar-refractivity contribution in [2.75, 3.05) is 26.4 Å². The second kappa shape index (κ2) is 7.97. The van der Waals surface area contributed by atoms with E-state index < -0.39 is 0 Å². The minimum absolute atomic E-state index is 0.0769. The number of hydrogen-bond acceptors (Lipinski definition) is 3. The number of aliphatic hydroxyl groups is 2. The summed E-state index contributed by atoms with van der Waals surface area (Å²) in [5.74, 6) is 0. The first-order valence-electron chi connectivity index (χ1n) is 5.15. The number of hydrogen-bond donors (Lipinski definition) is 2. The van der Waals surface area contributed by atoms with Gasteiger partial charge >= 0.3 is 0 Å². The molecule has 0 radical (unpaired) electrons. The Morgan fingerprint density at radius 1 is 1.29 bits per heavy atom. The molecule has 0 aromatic heterocycles. The van der Waals surface area contributed by atoms with Gasteiger partial charge in [-0.2, -0.15) is 0 Å². The molecule has 14 heavy (non-hydrogen) atoms. The van der Waals surface area contributed by atoms with Gasteiger partial charge in [0.25, 0.3) is 0 Å². The minimum atomic E-state index is -0.0769. The third kappa shape index (κ3) is 4.74. The molecule has 0 saturated heterocycles. The van der Waals surface area contributed by atoms with Gasteiger partial charge < -0.3 is 14.9 Å². The molecule has 0 rings (SSSR count). The Morgan fingerprint density at radius 2 is 1.86 bits per heavy atom. The van der Waals surface area contributed by atoms with Crippen molar-refractivity contribution in [3.8, 4) is 0 Å². The lowest BCUT2D eigenvalue weighted by atomic mass is 9.80. The van der Waals surface area contributed by atoms with E-state index in [4.69, 9.17) is 14.9 Å². The fourth-order valence-corrected chi connectivity index (χ4v) is 1.56. The molecule has 0 aliphatic carbocycles. The summed E-state index contributed by atoms with van der Waals surface area (Å²) in [6.45, 7) is 7.03. The predicted molar refractivity (Wildman–Crippen MR) is 57.1 cm³/mol. The van der Waals surface area contributed by atoms with Gasteiger partial charge in [0.15, 0.2) is 0 Å². The average molecular weight is 202 g/mol. The molecule has 2 N–H and O–H groups in total. The van der Waals surface area contributed by atoms with E-state index in [2.05, 4.69) is 13.5 Å². The zero-order valence-corrected chi connectivity index (χ0v) is 9.04. The SMILES string of the molecule is C=CCOCC(CC)(CCO)CCO. The Kier molecular flexibility index (Phi) is 7.76. The standard InChI is InChI=1S/C11H22O3/c1-3-9-14-10-11(4-2,5-7-12)6-8-13/h3,12-13H,1,4-10H2,2H3. The molecule has 0 unspecified atom stereocenters. The normalized spacial score (nSPS) is 11.6. The van der Waals surface area contributed by atoms with Crippen molar-refractivity contribution in [1.82, 2.24) is 0 Å². The molecular formula is C11H22O3. The van der Waals surface area contributed by atoms with Gasteiger partial charge in [-0.05, 0) is 24.7 Å². The number of ether oxygens (including phenoxy) is 1. The maximum absolute atomic E-state index is 8.96. The summed E-state index contributed by atoms with van der Waals surface area (Å²) >= 11 is 0. The van der Waals surface area contributed by atoms with E-state index in [9.17, 15) is 0 Å². The zero-order chi connectivity index (χ0) is 10.9. The quantitative estimate of drug-likeness (QED) is 0.438. The molecule has 0 atom stereocenters. The highest BCUT2D eigenvalue weighted by Crippen LogP contribution is 2.30. The molecule has 0 aliphatic rings. The van der Waals surface area contributed by atoms with Crippen LogP contribution in [0.4, 0.5) is 0 Å². The van der Waals surface area contributed by atoms with Crippen LogP contribution in [-0.2, 0) is 4.74 Å². The summed E-state index contributed by atoms with van der Waals surface area (Å²) in [7, 11) is 0. The molecule has 0 bridgehead atoms. The van der Waals surface area contributed by atoms with Gasteiger partial charge in [-0.15, -0.1) is 6.58 Å². The topological polar surface area (TPSA) is 49.7 Å². The highest BCUT2D eigenvalue weighted by Gasteiger charge is 2.27. The summed E-state index contributed by atoms with van der Waals surface area (Å²) in [6, 6.07) is 0. The van der Waals surface area contributed by atoms with Gasteiger partial charge in [-0.3, -0.25) is 0 Å². The molecule has 0 heterocycles. The molecule has 0 aromatic rings. The third-order valence-electron chi connectivity index (χ3n) is 2.68. The molecule has 0 spiro atoms. The molecule has 0 aromatic carbocycles. The van der Waals surface area contributed by atoms with Crippen molar-refractivity contribution in [3.63, 3.8) is 0 Å². The first kappa shape index (κ1) is 13.6. The van der Waals surface area contributed by atoms with Crippen LogP contribution in [0.5, 0.6) is 0 Å². The van der Waals surface area contributed by atoms with Crippen molar-refractivity contribution < 1.29 is 14.9 Å². The van der Waals surface area contributed by atoms with Crippen LogP contribution in [0.2, 0.25) is 0 Å². The monoisotopic (exact) mass is 202 g/mol. The fourth-order valence-electron chi connectivity index (χ4n) is 1.56. The third-order valence-corrected chi connectivity index (χ3v) is 2.68. The fraction of sp³-hybridized carbons (Fsp3) is 0.818. The van der Waals surface area contributed by atoms with Crippen LogP contribution >= 0.6 is 0 Å². The molecule has 0 aliphatic heterocycles. The summed E-state index contributed by atoms with van der Waals surface area (Å²) in [5.41, 5.74) is -0.0769. The average Bonchev–Trinajstić information content (AvgIpc) is 2.19. The van der Waals surface area contributed by atoms with E-state index in [1.807, 2.05) is 0 Å². The summed E-state index contributed by atoms with van der Waals surface area (Å²) in [6.07, 6.45) is 3.98. The van der Waals surface area contributed by atoms with Crippen LogP contribution in [0.25, 0.3) is 0 Å². The maximum atomic E-state index is 8.96. The smallest absolute Gasteiger partial charge is 0.0645 e. The van der Waals surface area contributed by atoms with Crippen LogP contribution in [0, 0.1) is 5.41 Å². The zero-order valence-electron chi connectivity index (χ0n) is 9.04. The Balaban J connectivity index is 4.09. The molecule has 0 amide bonds. The molecule has 84 valence electrons. The van der Waals surface area contributed by atoms with E-state index in [1.165, 1.54) is 0 Å². The highest BCUT2D eigenvalue weighted by atomic mass is 16.5. The second-order valence-electron chi connectivity index (χ2n) is 3.60. The summed E-state index contributed by atoms with van der Waals surface area (Å²) < 4.78 is 5.40. The van der Waals surface area contributed by atoms with Crippen LogP contribution in [0.1, 0.15) is 26.2 Å². The second-order valence-corrected chi connectivity index (χ2v) is 3.60. The predicted octanol–water partition coefficient (Wildman–Crippen LogP) is 1.35. The van der Waals surface area contributed by atoms with E-state index in [0.29, 0.717) is 26.1 Å². The lowest BCUT2D eigenvalue weighted by molar-refractivity contribution is 0.0206. The van der Waals surface area contributed by atoms with Crippen molar-refractivity contribution in [2.24, 2.45) is 5.41 Å². The number of rotatable bonds is 9. The highest BCUT2D eigenvalue weighted by molar-refractivity contribution is 4.78. The lowest BCUT2D eigenvalue weighted by Gasteiger charge is -2.31. The molecule has 0 saturated carbocycles. The van der Waals surface area contributed by atoms with E-state index >= 15 is 0 Å². The maximum Gasteiger partial charge on any atom is 0.0645 e. The van der Waals surface area contributed by atoms with Crippen LogP contribution < -0.4 is 0 Å². The Hall–Kier alpha value is -0.380. The molecule has 3 heteroatoms. The summed E-state index contributed by atoms with van der Waals surface area (Å²) in [4.78, 5) is 0. The Labute approximate surface area is 86.4 Å². The van der Waals surface area contributed by atoms with E-state index in [-0.39, 0.29) is 18.6 Å². The van der Waals surface area contributed by atoms with Crippen molar-refractivity contribution in [3.05, 3.63) is 12.7 Å². The van der Waals surface area contributed by atoms with Crippen molar-refractivity contribution in [2.45, 2.75) is 26.2 Å². The number of aliphatic hydroxyl groups excluding tert-OH is 2. The van der Waals surface area contributed by atoms with Crippen LogP contribution in [-0.4, -0.2) is 36.6 Å². The Bertz CT molecular complexity index is 139. The van der Waals surface area contributed by atoms with Crippen LogP contribution in [0.3, 0.4) is 0 Å². The lowest BCUT2D eigenvalue weighted by Crippen LogP contribution is -2.29. The van der Waals surface area contributed by atoms with E-state index in [1.54, 1.807) is 6.08 Å². The molecule has 3 nitrogen and oxygen atoms in total. The van der Waals surface area contributed by atoms with Gasteiger partial charge in [0.05, 0.1) is 13.2 Å². The van der Waals surface area contributed by atoms with Crippen molar-refractivity contribution in [1.29, 1.82) is 0 Å². The molecular weight excluding hydrogens is 180 g/mol. The van der Waals surface area contributed by atoms with Gasteiger partial charge in [-0.25, -0.2) is 0 Å². The molecule has 0 fully saturated rings. The van der Waals surface area contributed by atoms with E-state index in [0.717, 1.165) is 6.42 Å². The van der Waals surface area contributed by atoms with Gasteiger partial charge in [-0.1, -0.05) is 13.0 Å². The van der Waals surface area contributed by atoms with Crippen LogP contribution in [0.15, 0.2) is 12.7 Å². The van der Waals surface area contributed by atoms with Gasteiger partial charge in [0, 0.05) is 13.2 Å².